The SMILES string of the molecule is c1ccc([P+]2(c3ccccc3)Oc3ccccc3O2)cc1. The molecule has 0 N–H and O–H groups in total. The van der Waals surface area contributed by atoms with Crippen molar-refractivity contribution in [3.8, 4) is 11.5 Å². The van der Waals surface area contributed by atoms with Gasteiger partial charge in [0.15, 0.2) is 10.6 Å². The Hall–Kier alpha value is -2.31. The van der Waals surface area contributed by atoms with Crippen LogP contribution in [0.25, 0.3) is 0 Å². The van der Waals surface area contributed by atoms with Crippen LogP contribution in [-0.4, -0.2) is 0 Å². The van der Waals surface area contributed by atoms with Gasteiger partial charge < -0.3 is 0 Å². The lowest BCUT2D eigenvalue weighted by atomic mass is 10.3. The maximum absolute atomic E-state index is 6.36. The lowest BCUT2D eigenvalue weighted by Crippen LogP contribution is -2.27. The van der Waals surface area contributed by atoms with E-state index in [1.165, 1.54) is 0 Å². The molecule has 0 atom stereocenters. The van der Waals surface area contributed by atoms with Crippen LogP contribution in [0, 0.1) is 0 Å². The van der Waals surface area contributed by atoms with Crippen molar-refractivity contribution in [2.75, 3.05) is 0 Å². The molecule has 1 heterocycles. The summed E-state index contributed by atoms with van der Waals surface area (Å²) in [5, 5.41) is 2.18. The van der Waals surface area contributed by atoms with E-state index in [2.05, 4.69) is 24.3 Å². The van der Waals surface area contributed by atoms with Gasteiger partial charge in [0.2, 0.25) is 11.5 Å². The zero-order valence-electron chi connectivity index (χ0n) is 11.3. The first-order chi connectivity index (χ1) is 10.4. The summed E-state index contributed by atoms with van der Waals surface area (Å²) in [6.07, 6.45) is 0. The number of hydrogen-bond acceptors (Lipinski definition) is 2. The molecule has 4 rings (SSSR count). The van der Waals surface area contributed by atoms with E-state index in [0.29, 0.717) is 0 Å². The van der Waals surface area contributed by atoms with Crippen LogP contribution in [0.3, 0.4) is 0 Å². The number of hydrogen-bond donors (Lipinski definition) is 0. The fourth-order valence-corrected chi connectivity index (χ4v) is 5.25. The molecule has 3 aromatic carbocycles. The highest BCUT2D eigenvalue weighted by atomic mass is 31.2. The highest BCUT2D eigenvalue weighted by molar-refractivity contribution is 7.82. The fourth-order valence-electron chi connectivity index (χ4n) is 2.51. The molecule has 1 aliphatic rings. The lowest BCUT2D eigenvalue weighted by molar-refractivity contribution is 0.570. The second-order valence-electron chi connectivity index (χ2n) is 4.85. The molecule has 0 fully saturated rings. The molecular weight excluding hydrogens is 279 g/mol. The summed E-state index contributed by atoms with van der Waals surface area (Å²) in [5.41, 5.74) is 0. The van der Waals surface area contributed by atoms with Crippen LogP contribution < -0.4 is 19.7 Å². The van der Waals surface area contributed by atoms with Gasteiger partial charge in [-0.1, -0.05) is 48.5 Å². The molecule has 0 unspecified atom stereocenters. The molecule has 102 valence electrons. The van der Waals surface area contributed by atoms with Gasteiger partial charge in [-0.05, 0) is 36.4 Å². The minimum Gasteiger partial charge on any atom is -0.295 e. The van der Waals surface area contributed by atoms with Gasteiger partial charge in [-0.15, -0.1) is 0 Å². The maximum atomic E-state index is 6.36. The minimum atomic E-state index is -2.33. The van der Waals surface area contributed by atoms with Gasteiger partial charge in [-0.3, -0.25) is 9.05 Å². The van der Waals surface area contributed by atoms with Crippen molar-refractivity contribution in [1.82, 2.24) is 0 Å². The highest BCUT2D eigenvalue weighted by Crippen LogP contribution is 2.65. The molecule has 1 aliphatic heterocycles. The summed E-state index contributed by atoms with van der Waals surface area (Å²) in [6.45, 7) is 0. The van der Waals surface area contributed by atoms with E-state index in [-0.39, 0.29) is 0 Å². The fraction of sp³-hybridized carbons (Fsp3) is 0. The number of benzene rings is 3. The molecule has 21 heavy (non-hydrogen) atoms. The average Bonchev–Trinajstić information content (AvgIpc) is 2.97. The molecule has 2 nitrogen and oxygen atoms in total. The number of para-hydroxylation sites is 2. The largest absolute Gasteiger partial charge is 0.429 e. The van der Waals surface area contributed by atoms with Crippen molar-refractivity contribution in [2.24, 2.45) is 0 Å². The first-order valence-corrected chi connectivity index (χ1v) is 8.49. The van der Waals surface area contributed by atoms with Crippen molar-refractivity contribution in [3.05, 3.63) is 84.9 Å². The Morgan fingerprint density at radius 2 is 0.857 bits per heavy atom. The third kappa shape index (κ3) is 2.00. The van der Waals surface area contributed by atoms with E-state index in [9.17, 15) is 0 Å². The zero-order chi connectivity index (χ0) is 14.1. The van der Waals surface area contributed by atoms with E-state index in [1.54, 1.807) is 0 Å². The Balaban J connectivity index is 1.90. The molecule has 0 radical (unpaired) electrons. The van der Waals surface area contributed by atoms with Crippen molar-refractivity contribution in [2.45, 2.75) is 0 Å². The summed E-state index contributed by atoms with van der Waals surface area (Å²) >= 11 is 0. The van der Waals surface area contributed by atoms with Gasteiger partial charge in [-0.2, -0.15) is 0 Å². The molecule has 0 aromatic heterocycles. The van der Waals surface area contributed by atoms with Crippen LogP contribution in [0.15, 0.2) is 84.9 Å². The van der Waals surface area contributed by atoms with Gasteiger partial charge in [0.25, 0.3) is 0 Å². The normalized spacial score (nSPS) is 14.9. The predicted molar refractivity (Wildman–Crippen MR) is 86.8 cm³/mol. The second-order valence-corrected chi connectivity index (χ2v) is 7.35. The Morgan fingerprint density at radius 1 is 0.476 bits per heavy atom. The molecule has 0 spiro atoms. The first kappa shape index (κ1) is 12.4. The molecule has 0 amide bonds. The molecule has 0 bridgehead atoms. The summed E-state index contributed by atoms with van der Waals surface area (Å²) in [5.74, 6) is 1.64. The Kier molecular flexibility index (Phi) is 2.90. The number of fused-ring (bicyclic) bond motifs is 1. The molecule has 0 saturated heterocycles. The molecular formula is C18H14O2P+. The zero-order valence-corrected chi connectivity index (χ0v) is 12.2. The maximum Gasteiger partial charge on any atom is 0.429 e. The summed E-state index contributed by atoms with van der Waals surface area (Å²) in [7, 11) is -2.33. The van der Waals surface area contributed by atoms with E-state index in [4.69, 9.17) is 9.05 Å². The summed E-state index contributed by atoms with van der Waals surface area (Å²) in [6, 6.07) is 28.3. The monoisotopic (exact) mass is 293 g/mol. The van der Waals surface area contributed by atoms with Crippen LogP contribution in [0.5, 0.6) is 11.5 Å². The smallest absolute Gasteiger partial charge is 0.295 e. The molecule has 0 saturated carbocycles. The predicted octanol–water partition coefficient (Wildman–Crippen LogP) is 3.96. The third-order valence-corrected chi connectivity index (χ3v) is 6.36. The molecule has 0 aliphatic carbocycles. The quantitative estimate of drug-likeness (QED) is 0.666. The van der Waals surface area contributed by atoms with Gasteiger partial charge in [0.05, 0.1) is 0 Å². The van der Waals surface area contributed by atoms with E-state index in [0.717, 1.165) is 22.1 Å². The van der Waals surface area contributed by atoms with E-state index >= 15 is 0 Å². The van der Waals surface area contributed by atoms with Crippen LogP contribution in [-0.2, 0) is 0 Å². The van der Waals surface area contributed by atoms with Crippen molar-refractivity contribution >= 4 is 18.3 Å². The second kappa shape index (κ2) is 4.91. The number of rotatable bonds is 2. The van der Waals surface area contributed by atoms with Gasteiger partial charge >= 0.3 is 7.72 Å². The summed E-state index contributed by atoms with van der Waals surface area (Å²) < 4.78 is 12.7. The Bertz CT molecular complexity index is 690. The van der Waals surface area contributed by atoms with E-state index < -0.39 is 7.72 Å². The van der Waals surface area contributed by atoms with Crippen LogP contribution in [0.2, 0.25) is 0 Å². The van der Waals surface area contributed by atoms with E-state index in [1.807, 2.05) is 60.7 Å². The van der Waals surface area contributed by atoms with Crippen LogP contribution in [0.4, 0.5) is 0 Å². The first-order valence-electron chi connectivity index (χ1n) is 6.87. The van der Waals surface area contributed by atoms with Crippen molar-refractivity contribution in [3.63, 3.8) is 0 Å². The molecule has 3 heteroatoms. The van der Waals surface area contributed by atoms with Gasteiger partial charge in [0, 0.05) is 0 Å². The standard InChI is InChI=1S/C18H14O2P/c1-3-9-15(10-4-1)21(16-11-5-2-6-12-16)19-17-13-7-8-14-18(17)20-21/h1-14H/q+1. The van der Waals surface area contributed by atoms with Crippen LogP contribution >= 0.6 is 7.72 Å². The van der Waals surface area contributed by atoms with Crippen molar-refractivity contribution in [1.29, 1.82) is 0 Å². The van der Waals surface area contributed by atoms with Crippen molar-refractivity contribution < 1.29 is 9.05 Å². The topological polar surface area (TPSA) is 18.5 Å². The Morgan fingerprint density at radius 3 is 1.29 bits per heavy atom. The lowest BCUT2D eigenvalue weighted by Gasteiger charge is -2.17. The molecule has 3 aromatic rings. The Labute approximate surface area is 124 Å². The average molecular weight is 293 g/mol. The van der Waals surface area contributed by atoms with Gasteiger partial charge in [-0.25, -0.2) is 0 Å². The van der Waals surface area contributed by atoms with Crippen LogP contribution in [0.1, 0.15) is 0 Å². The summed E-state index contributed by atoms with van der Waals surface area (Å²) in [4.78, 5) is 0. The third-order valence-electron chi connectivity index (χ3n) is 3.50. The highest BCUT2D eigenvalue weighted by Gasteiger charge is 2.56. The minimum absolute atomic E-state index is 0.818. The van der Waals surface area contributed by atoms with Gasteiger partial charge in [0.1, 0.15) is 0 Å².